The molecule has 3 heteroatoms. The lowest BCUT2D eigenvalue weighted by Gasteiger charge is -2.22. The third kappa shape index (κ3) is 4.34. The van der Waals surface area contributed by atoms with Crippen LogP contribution in [0.2, 0.25) is 0 Å². The molecular weight excluding hydrogens is 248 g/mol. The van der Waals surface area contributed by atoms with Crippen LogP contribution in [-0.2, 0) is 11.3 Å². The van der Waals surface area contributed by atoms with Crippen LogP contribution >= 0.6 is 0 Å². The van der Waals surface area contributed by atoms with Crippen molar-refractivity contribution in [3.8, 4) is 0 Å². The van der Waals surface area contributed by atoms with Crippen LogP contribution in [0.25, 0.3) is 0 Å². The molecule has 0 unspecified atom stereocenters. The molecule has 1 aromatic carbocycles. The van der Waals surface area contributed by atoms with Gasteiger partial charge < -0.3 is 10.2 Å². The van der Waals surface area contributed by atoms with Gasteiger partial charge in [-0.15, -0.1) is 0 Å². The molecule has 3 nitrogen and oxygen atoms in total. The molecule has 1 amide bonds. The number of hydrogen-bond acceptors (Lipinski definition) is 2. The SMILES string of the molecule is CCN(Cc1cccc(C)c1)C(=O)CNC1CCCC1. The second-order valence-corrected chi connectivity index (χ2v) is 5.76. The molecule has 0 saturated heterocycles. The van der Waals surface area contributed by atoms with Crippen LogP contribution in [0.15, 0.2) is 24.3 Å². The fourth-order valence-corrected chi connectivity index (χ4v) is 2.88. The maximum atomic E-state index is 12.3. The lowest BCUT2D eigenvalue weighted by atomic mass is 10.1. The lowest BCUT2D eigenvalue weighted by Crippen LogP contribution is -2.40. The molecule has 1 aliphatic carbocycles. The summed E-state index contributed by atoms with van der Waals surface area (Å²) in [4.78, 5) is 14.2. The maximum Gasteiger partial charge on any atom is 0.236 e. The standard InChI is InChI=1S/C17H26N2O/c1-3-19(13-15-8-6-7-14(2)11-15)17(20)12-18-16-9-4-5-10-16/h6-8,11,16,18H,3-5,9-10,12-13H2,1-2H3. The number of likely N-dealkylation sites (N-methyl/N-ethyl adjacent to an activating group) is 1. The van der Waals surface area contributed by atoms with Crippen molar-refractivity contribution in [2.75, 3.05) is 13.1 Å². The molecule has 1 aliphatic rings. The van der Waals surface area contributed by atoms with Crippen molar-refractivity contribution in [2.45, 2.75) is 52.1 Å². The van der Waals surface area contributed by atoms with Gasteiger partial charge in [0, 0.05) is 19.1 Å². The third-order valence-electron chi connectivity index (χ3n) is 4.09. The number of nitrogens with zero attached hydrogens (tertiary/aromatic N) is 1. The van der Waals surface area contributed by atoms with Crippen molar-refractivity contribution in [3.63, 3.8) is 0 Å². The van der Waals surface area contributed by atoms with Gasteiger partial charge in [0.1, 0.15) is 0 Å². The van der Waals surface area contributed by atoms with Crippen molar-refractivity contribution in [1.29, 1.82) is 0 Å². The van der Waals surface area contributed by atoms with Gasteiger partial charge in [0.25, 0.3) is 0 Å². The second-order valence-electron chi connectivity index (χ2n) is 5.76. The van der Waals surface area contributed by atoms with E-state index in [0.29, 0.717) is 19.1 Å². The first-order chi connectivity index (χ1) is 9.69. The lowest BCUT2D eigenvalue weighted by molar-refractivity contribution is -0.130. The predicted molar refractivity (Wildman–Crippen MR) is 82.5 cm³/mol. The molecule has 0 radical (unpaired) electrons. The van der Waals surface area contributed by atoms with Gasteiger partial charge in [-0.25, -0.2) is 0 Å². The summed E-state index contributed by atoms with van der Waals surface area (Å²) in [6, 6.07) is 8.94. The van der Waals surface area contributed by atoms with Crippen LogP contribution in [0.5, 0.6) is 0 Å². The zero-order valence-electron chi connectivity index (χ0n) is 12.7. The second kappa shape index (κ2) is 7.44. The zero-order valence-corrected chi connectivity index (χ0v) is 12.7. The van der Waals surface area contributed by atoms with E-state index in [4.69, 9.17) is 0 Å². The number of hydrogen-bond donors (Lipinski definition) is 1. The van der Waals surface area contributed by atoms with Crippen LogP contribution < -0.4 is 5.32 Å². The highest BCUT2D eigenvalue weighted by molar-refractivity contribution is 5.78. The zero-order chi connectivity index (χ0) is 14.4. The topological polar surface area (TPSA) is 32.3 Å². The van der Waals surface area contributed by atoms with E-state index in [-0.39, 0.29) is 5.91 Å². The molecule has 1 saturated carbocycles. The smallest absolute Gasteiger partial charge is 0.236 e. The number of carbonyl (C=O) groups excluding carboxylic acids is 1. The Morgan fingerprint density at radius 1 is 1.35 bits per heavy atom. The van der Waals surface area contributed by atoms with Crippen molar-refractivity contribution < 1.29 is 4.79 Å². The molecule has 0 atom stereocenters. The van der Waals surface area contributed by atoms with Gasteiger partial charge in [-0.3, -0.25) is 4.79 Å². The minimum absolute atomic E-state index is 0.209. The van der Waals surface area contributed by atoms with Gasteiger partial charge in [0.2, 0.25) is 5.91 Å². The summed E-state index contributed by atoms with van der Waals surface area (Å²) in [6.07, 6.45) is 5.04. The Morgan fingerprint density at radius 2 is 2.10 bits per heavy atom. The highest BCUT2D eigenvalue weighted by atomic mass is 16.2. The number of rotatable bonds is 6. The Labute approximate surface area is 122 Å². The highest BCUT2D eigenvalue weighted by Gasteiger charge is 2.17. The monoisotopic (exact) mass is 274 g/mol. The number of benzene rings is 1. The molecular formula is C17H26N2O. The summed E-state index contributed by atoms with van der Waals surface area (Å²) in [5.74, 6) is 0.209. The van der Waals surface area contributed by atoms with E-state index >= 15 is 0 Å². The van der Waals surface area contributed by atoms with Crippen molar-refractivity contribution in [2.24, 2.45) is 0 Å². The Balaban J connectivity index is 1.85. The highest BCUT2D eigenvalue weighted by Crippen LogP contribution is 2.17. The molecule has 110 valence electrons. The van der Waals surface area contributed by atoms with Crippen molar-refractivity contribution in [1.82, 2.24) is 10.2 Å². The molecule has 20 heavy (non-hydrogen) atoms. The summed E-state index contributed by atoms with van der Waals surface area (Å²) in [5, 5.41) is 3.40. The van der Waals surface area contributed by atoms with Crippen molar-refractivity contribution >= 4 is 5.91 Å². The van der Waals surface area contributed by atoms with Gasteiger partial charge in [-0.05, 0) is 32.3 Å². The third-order valence-corrected chi connectivity index (χ3v) is 4.09. The fraction of sp³-hybridized carbons (Fsp3) is 0.588. The summed E-state index contributed by atoms with van der Waals surface area (Å²) < 4.78 is 0. The number of nitrogens with one attached hydrogen (secondary N) is 1. The van der Waals surface area contributed by atoms with E-state index in [0.717, 1.165) is 6.54 Å². The largest absolute Gasteiger partial charge is 0.338 e. The first-order valence-corrected chi connectivity index (χ1v) is 7.75. The van der Waals surface area contributed by atoms with Crippen LogP contribution in [0.1, 0.15) is 43.7 Å². The molecule has 0 bridgehead atoms. The van der Waals surface area contributed by atoms with Gasteiger partial charge in [0.05, 0.1) is 6.54 Å². The minimum Gasteiger partial charge on any atom is -0.338 e. The van der Waals surface area contributed by atoms with Gasteiger partial charge in [0.15, 0.2) is 0 Å². The first-order valence-electron chi connectivity index (χ1n) is 7.75. The summed E-state index contributed by atoms with van der Waals surface area (Å²) in [7, 11) is 0. The Morgan fingerprint density at radius 3 is 2.75 bits per heavy atom. The van der Waals surface area contributed by atoms with Crippen LogP contribution in [0.4, 0.5) is 0 Å². The van der Waals surface area contributed by atoms with Gasteiger partial charge >= 0.3 is 0 Å². The summed E-state index contributed by atoms with van der Waals surface area (Å²) in [6.45, 7) is 6.08. The average Bonchev–Trinajstić information content (AvgIpc) is 2.95. The number of aryl methyl sites for hydroxylation is 1. The maximum absolute atomic E-state index is 12.3. The Bertz CT molecular complexity index is 438. The van der Waals surface area contributed by atoms with E-state index in [1.54, 1.807) is 0 Å². The quantitative estimate of drug-likeness (QED) is 0.865. The van der Waals surface area contributed by atoms with E-state index in [2.05, 4.69) is 36.5 Å². The molecule has 0 aliphatic heterocycles. The van der Waals surface area contributed by atoms with Gasteiger partial charge in [-0.1, -0.05) is 42.7 Å². The van der Waals surface area contributed by atoms with Crippen LogP contribution in [0, 0.1) is 6.92 Å². The summed E-state index contributed by atoms with van der Waals surface area (Å²) in [5.41, 5.74) is 2.45. The molecule has 0 spiro atoms. The van der Waals surface area contributed by atoms with Crippen LogP contribution in [0.3, 0.4) is 0 Å². The number of amides is 1. The first kappa shape index (κ1) is 15.0. The van der Waals surface area contributed by atoms with E-state index < -0.39 is 0 Å². The molecule has 0 aromatic heterocycles. The van der Waals surface area contributed by atoms with E-state index in [9.17, 15) is 4.79 Å². The van der Waals surface area contributed by atoms with Crippen LogP contribution in [-0.4, -0.2) is 29.9 Å². The fourth-order valence-electron chi connectivity index (χ4n) is 2.88. The Kier molecular flexibility index (Phi) is 5.60. The molecule has 2 rings (SSSR count). The molecule has 1 fully saturated rings. The molecule has 1 aromatic rings. The average molecular weight is 274 g/mol. The molecule has 0 heterocycles. The van der Waals surface area contributed by atoms with Crippen molar-refractivity contribution in [3.05, 3.63) is 35.4 Å². The molecule has 1 N–H and O–H groups in total. The van der Waals surface area contributed by atoms with E-state index in [1.807, 2.05) is 11.8 Å². The summed E-state index contributed by atoms with van der Waals surface area (Å²) >= 11 is 0. The number of carbonyl (C=O) groups is 1. The Hall–Kier alpha value is -1.35. The predicted octanol–water partition coefficient (Wildman–Crippen LogP) is 2.88. The minimum atomic E-state index is 0.209. The van der Waals surface area contributed by atoms with E-state index in [1.165, 1.54) is 36.8 Å². The normalized spacial score (nSPS) is 15.5. The van der Waals surface area contributed by atoms with Gasteiger partial charge in [-0.2, -0.15) is 0 Å².